The molecule has 0 aliphatic carbocycles. The minimum Gasteiger partial charge on any atom is -0.493 e. The molecule has 10 heteroatoms. The molecule has 2 rings (SSSR count). The summed E-state index contributed by atoms with van der Waals surface area (Å²) in [4.78, 5) is 23.2. The van der Waals surface area contributed by atoms with Crippen molar-refractivity contribution >= 4 is 27.6 Å². The van der Waals surface area contributed by atoms with E-state index in [1.165, 1.54) is 76.9 Å². The molecule has 9 nitrogen and oxygen atoms in total. The zero-order valence-electron chi connectivity index (χ0n) is 16.3. The first kappa shape index (κ1) is 22.1. The van der Waals surface area contributed by atoms with Crippen molar-refractivity contribution in [2.75, 3.05) is 28.3 Å². The highest BCUT2D eigenvalue weighted by Gasteiger charge is 2.19. The highest BCUT2D eigenvalue weighted by atomic mass is 32.2. The van der Waals surface area contributed by atoms with E-state index in [2.05, 4.69) is 0 Å². The molecule has 0 heterocycles. The van der Waals surface area contributed by atoms with E-state index in [1.807, 2.05) is 0 Å². The molecule has 0 atom stereocenters. The number of hydrogen-bond donors (Lipinski definition) is 0. The number of ketones is 1. The highest BCUT2D eigenvalue weighted by Crippen LogP contribution is 2.35. The number of nitro benzene ring substituents is 1. The molecule has 154 valence electrons. The molecule has 0 fully saturated rings. The van der Waals surface area contributed by atoms with Gasteiger partial charge in [0, 0.05) is 19.7 Å². The topological polar surface area (TPSA) is 116 Å². The van der Waals surface area contributed by atoms with Crippen LogP contribution in [0.15, 0.2) is 47.4 Å². The molecule has 0 aliphatic heterocycles. The van der Waals surface area contributed by atoms with Crippen molar-refractivity contribution in [1.82, 2.24) is 4.31 Å². The Labute approximate surface area is 168 Å². The van der Waals surface area contributed by atoms with Gasteiger partial charge in [0.15, 0.2) is 17.3 Å². The summed E-state index contributed by atoms with van der Waals surface area (Å²) < 4.78 is 35.4. The number of hydrogen-bond acceptors (Lipinski definition) is 7. The van der Waals surface area contributed by atoms with Gasteiger partial charge in [-0.1, -0.05) is 0 Å². The van der Waals surface area contributed by atoms with Crippen molar-refractivity contribution in [2.45, 2.75) is 4.90 Å². The largest absolute Gasteiger partial charge is 0.493 e. The number of carbonyl (C=O) groups is 1. The number of ether oxygens (including phenoxy) is 2. The van der Waals surface area contributed by atoms with Crippen molar-refractivity contribution in [1.29, 1.82) is 0 Å². The van der Waals surface area contributed by atoms with E-state index in [0.29, 0.717) is 0 Å². The number of benzene rings is 2. The van der Waals surface area contributed by atoms with Crippen LogP contribution in [0.25, 0.3) is 6.08 Å². The number of nitrogens with zero attached hydrogens (tertiary/aromatic N) is 2. The Morgan fingerprint density at radius 1 is 1.07 bits per heavy atom. The fourth-order valence-electron chi connectivity index (χ4n) is 2.44. The standard InChI is InChI=1S/C19H20N2O7S/c1-20(2)29(25,26)15-8-5-13(6-9-15)17(22)10-7-14-11-18(27-3)19(28-4)12-16(14)21(23)24/h5-12H,1-4H3. The van der Waals surface area contributed by atoms with E-state index in [1.54, 1.807) is 0 Å². The summed E-state index contributed by atoms with van der Waals surface area (Å²) in [6, 6.07) is 8.03. The van der Waals surface area contributed by atoms with E-state index >= 15 is 0 Å². The van der Waals surface area contributed by atoms with Crippen LogP contribution in [0.3, 0.4) is 0 Å². The molecule has 2 aromatic carbocycles. The van der Waals surface area contributed by atoms with Crippen molar-refractivity contribution in [3.63, 3.8) is 0 Å². The van der Waals surface area contributed by atoms with Crippen LogP contribution in [0, 0.1) is 10.1 Å². The molecular weight excluding hydrogens is 400 g/mol. The van der Waals surface area contributed by atoms with Crippen LogP contribution in [-0.4, -0.2) is 51.7 Å². The first-order valence-corrected chi connectivity index (χ1v) is 9.71. The zero-order valence-corrected chi connectivity index (χ0v) is 17.1. The van der Waals surface area contributed by atoms with Crippen molar-refractivity contribution in [2.24, 2.45) is 0 Å². The Balaban J connectivity index is 2.34. The Hall–Kier alpha value is -3.24. The van der Waals surface area contributed by atoms with Crippen molar-refractivity contribution < 1.29 is 27.6 Å². The summed E-state index contributed by atoms with van der Waals surface area (Å²) in [5.41, 5.74) is 0.147. The van der Waals surface area contributed by atoms with Gasteiger partial charge in [-0.05, 0) is 42.5 Å². The quantitative estimate of drug-likeness (QED) is 0.279. The lowest BCUT2D eigenvalue weighted by Gasteiger charge is -2.11. The fraction of sp³-hybridized carbons (Fsp3) is 0.211. The second-order valence-electron chi connectivity index (χ2n) is 6.03. The molecule has 0 aromatic heterocycles. The first-order valence-electron chi connectivity index (χ1n) is 8.27. The molecule has 0 N–H and O–H groups in total. The van der Waals surface area contributed by atoms with Gasteiger partial charge >= 0.3 is 0 Å². The fourth-order valence-corrected chi connectivity index (χ4v) is 3.34. The average Bonchev–Trinajstić information content (AvgIpc) is 2.70. The van der Waals surface area contributed by atoms with E-state index in [0.717, 1.165) is 4.31 Å². The van der Waals surface area contributed by atoms with Gasteiger partial charge in [-0.15, -0.1) is 0 Å². The normalized spacial score (nSPS) is 11.6. The van der Waals surface area contributed by atoms with Gasteiger partial charge in [-0.3, -0.25) is 14.9 Å². The minimum absolute atomic E-state index is 0.0542. The van der Waals surface area contributed by atoms with E-state index in [4.69, 9.17) is 9.47 Å². The molecule has 0 bridgehead atoms. The monoisotopic (exact) mass is 420 g/mol. The minimum atomic E-state index is -3.60. The van der Waals surface area contributed by atoms with Crippen LogP contribution in [0.5, 0.6) is 11.5 Å². The number of sulfonamides is 1. The molecule has 0 unspecified atom stereocenters. The number of nitro groups is 1. The average molecular weight is 420 g/mol. The predicted molar refractivity (Wildman–Crippen MR) is 107 cm³/mol. The molecule has 0 aliphatic rings. The van der Waals surface area contributed by atoms with E-state index < -0.39 is 20.7 Å². The molecule has 0 amide bonds. The Morgan fingerprint density at radius 2 is 1.62 bits per heavy atom. The van der Waals surface area contributed by atoms with Gasteiger partial charge in [-0.25, -0.2) is 12.7 Å². The Morgan fingerprint density at radius 3 is 2.10 bits per heavy atom. The molecule has 2 aromatic rings. The third-order valence-electron chi connectivity index (χ3n) is 4.06. The van der Waals surface area contributed by atoms with Gasteiger partial charge in [-0.2, -0.15) is 0 Å². The molecule has 29 heavy (non-hydrogen) atoms. The number of rotatable bonds is 8. The Kier molecular flexibility index (Phi) is 6.72. The maximum atomic E-state index is 12.4. The zero-order chi connectivity index (χ0) is 21.8. The summed E-state index contributed by atoms with van der Waals surface area (Å²) >= 11 is 0. The maximum absolute atomic E-state index is 12.4. The number of methoxy groups -OCH3 is 2. The summed E-state index contributed by atoms with van der Waals surface area (Å²) in [5.74, 6) is 0.0340. The van der Waals surface area contributed by atoms with Gasteiger partial charge in [0.25, 0.3) is 5.69 Å². The lowest BCUT2D eigenvalue weighted by Crippen LogP contribution is -2.22. The SMILES string of the molecule is COc1cc(C=CC(=O)c2ccc(S(=O)(=O)N(C)C)cc2)c([N+](=O)[O-])cc1OC. The number of allylic oxidation sites excluding steroid dienone is 1. The summed E-state index contributed by atoms with van der Waals surface area (Å²) in [7, 11) is 1.98. The summed E-state index contributed by atoms with van der Waals surface area (Å²) in [6.07, 6.45) is 2.47. The highest BCUT2D eigenvalue weighted by molar-refractivity contribution is 7.89. The lowest BCUT2D eigenvalue weighted by molar-refractivity contribution is -0.385. The first-order chi connectivity index (χ1) is 13.6. The van der Waals surface area contributed by atoms with Crippen molar-refractivity contribution in [3.05, 3.63) is 63.7 Å². The summed E-state index contributed by atoms with van der Waals surface area (Å²) in [6.45, 7) is 0. The molecular formula is C19H20N2O7S. The Bertz CT molecular complexity index is 1060. The predicted octanol–water partition coefficient (Wildman–Crippen LogP) is 2.76. The smallest absolute Gasteiger partial charge is 0.280 e. The van der Waals surface area contributed by atoms with Crippen LogP contribution in [0.4, 0.5) is 5.69 Å². The maximum Gasteiger partial charge on any atom is 0.280 e. The summed E-state index contributed by atoms with van der Waals surface area (Å²) in [5, 5.41) is 11.3. The van der Waals surface area contributed by atoms with Crippen LogP contribution >= 0.6 is 0 Å². The van der Waals surface area contributed by atoms with Gasteiger partial charge in [0.05, 0.1) is 35.7 Å². The van der Waals surface area contributed by atoms with Crippen LogP contribution in [0.1, 0.15) is 15.9 Å². The van der Waals surface area contributed by atoms with Crippen molar-refractivity contribution in [3.8, 4) is 11.5 Å². The van der Waals surface area contributed by atoms with E-state index in [-0.39, 0.29) is 33.2 Å². The van der Waals surface area contributed by atoms with Crippen LogP contribution in [0.2, 0.25) is 0 Å². The van der Waals surface area contributed by atoms with Gasteiger partial charge in [0.1, 0.15) is 0 Å². The molecule has 0 saturated heterocycles. The molecule has 0 radical (unpaired) electrons. The van der Waals surface area contributed by atoms with Gasteiger partial charge < -0.3 is 9.47 Å². The van der Waals surface area contributed by atoms with Crippen LogP contribution in [-0.2, 0) is 10.0 Å². The van der Waals surface area contributed by atoms with Gasteiger partial charge in [0.2, 0.25) is 10.0 Å². The second-order valence-corrected chi connectivity index (χ2v) is 8.18. The molecule has 0 spiro atoms. The van der Waals surface area contributed by atoms with Crippen LogP contribution < -0.4 is 9.47 Å². The van der Waals surface area contributed by atoms with E-state index in [9.17, 15) is 23.3 Å². The molecule has 0 saturated carbocycles. The number of carbonyl (C=O) groups excluding carboxylic acids is 1. The lowest BCUT2D eigenvalue weighted by atomic mass is 10.1. The third kappa shape index (κ3) is 4.79. The third-order valence-corrected chi connectivity index (χ3v) is 5.89. The second kappa shape index (κ2) is 8.84.